The summed E-state index contributed by atoms with van der Waals surface area (Å²) in [6.07, 6.45) is 1.05. The summed E-state index contributed by atoms with van der Waals surface area (Å²) >= 11 is 6.03. The molecule has 1 aliphatic rings. The van der Waals surface area contributed by atoms with Crippen molar-refractivity contribution in [3.63, 3.8) is 0 Å². The molecule has 29 heavy (non-hydrogen) atoms. The van der Waals surface area contributed by atoms with Gasteiger partial charge < -0.3 is 4.90 Å². The van der Waals surface area contributed by atoms with Gasteiger partial charge in [-0.1, -0.05) is 17.7 Å². The van der Waals surface area contributed by atoms with Gasteiger partial charge in [0.25, 0.3) is 0 Å². The lowest BCUT2D eigenvalue weighted by Gasteiger charge is -2.33. The van der Waals surface area contributed by atoms with E-state index in [1.54, 1.807) is 13.1 Å². The molecule has 1 fully saturated rings. The van der Waals surface area contributed by atoms with Crippen LogP contribution in [0.3, 0.4) is 0 Å². The molecular weight excluding hydrogens is 422 g/mol. The van der Waals surface area contributed by atoms with Gasteiger partial charge in [-0.05, 0) is 49.2 Å². The number of carbonyl (C=O) groups excluding carboxylic acids is 1. The minimum atomic E-state index is -3.83. The molecule has 0 spiro atoms. The Morgan fingerprint density at radius 3 is 2.55 bits per heavy atom. The van der Waals surface area contributed by atoms with Crippen molar-refractivity contribution in [1.29, 1.82) is 0 Å². The van der Waals surface area contributed by atoms with Gasteiger partial charge >= 0.3 is 0 Å². The van der Waals surface area contributed by atoms with E-state index >= 15 is 0 Å². The number of nitrogens with zero attached hydrogens (tertiary/aromatic N) is 2. The first-order valence-electron chi connectivity index (χ1n) is 9.13. The molecule has 1 amide bonds. The maximum absolute atomic E-state index is 14.0. The van der Waals surface area contributed by atoms with E-state index in [4.69, 9.17) is 11.6 Å². The van der Waals surface area contributed by atoms with Crippen molar-refractivity contribution in [2.45, 2.75) is 24.3 Å². The van der Waals surface area contributed by atoms with Crippen LogP contribution in [0.15, 0.2) is 47.4 Å². The van der Waals surface area contributed by atoms with Crippen LogP contribution in [-0.2, 0) is 21.4 Å². The fraction of sp³-hybridized carbons (Fsp3) is 0.350. The number of amides is 1. The molecule has 1 unspecified atom stereocenters. The third-order valence-electron chi connectivity index (χ3n) is 5.02. The summed E-state index contributed by atoms with van der Waals surface area (Å²) in [7, 11) is -2.29. The highest BCUT2D eigenvalue weighted by Crippen LogP contribution is 2.26. The van der Waals surface area contributed by atoms with Crippen LogP contribution >= 0.6 is 11.6 Å². The molecule has 3 rings (SSSR count). The smallest absolute Gasteiger partial charge is 0.243 e. The molecule has 156 valence electrons. The van der Waals surface area contributed by atoms with E-state index < -0.39 is 27.6 Å². The molecule has 0 aromatic heterocycles. The maximum Gasteiger partial charge on any atom is 0.243 e. The topological polar surface area (TPSA) is 57.7 Å². The number of hydrogen-bond acceptors (Lipinski definition) is 3. The minimum absolute atomic E-state index is 0.00838. The average Bonchev–Trinajstić information content (AvgIpc) is 2.70. The van der Waals surface area contributed by atoms with Gasteiger partial charge in [0, 0.05) is 37.3 Å². The van der Waals surface area contributed by atoms with E-state index in [1.165, 1.54) is 33.5 Å². The van der Waals surface area contributed by atoms with Gasteiger partial charge in [0.05, 0.1) is 10.8 Å². The number of hydrogen-bond donors (Lipinski definition) is 0. The van der Waals surface area contributed by atoms with Crippen LogP contribution in [-0.4, -0.2) is 43.7 Å². The number of benzene rings is 2. The molecule has 5 nitrogen and oxygen atoms in total. The van der Waals surface area contributed by atoms with E-state index in [9.17, 15) is 22.0 Å². The zero-order valence-electron chi connectivity index (χ0n) is 15.8. The largest absolute Gasteiger partial charge is 0.341 e. The van der Waals surface area contributed by atoms with E-state index in [0.29, 0.717) is 12.8 Å². The molecule has 1 saturated heterocycles. The van der Waals surface area contributed by atoms with Crippen molar-refractivity contribution in [1.82, 2.24) is 9.21 Å². The van der Waals surface area contributed by atoms with E-state index in [2.05, 4.69) is 0 Å². The first-order valence-corrected chi connectivity index (χ1v) is 11.0. The molecule has 0 bridgehead atoms. The van der Waals surface area contributed by atoms with Crippen molar-refractivity contribution in [3.05, 3.63) is 64.7 Å². The van der Waals surface area contributed by atoms with Gasteiger partial charge in [0.15, 0.2) is 0 Å². The Hall–Kier alpha value is -2.03. The Bertz CT molecular complexity index is 979. The second-order valence-electron chi connectivity index (χ2n) is 7.05. The Morgan fingerprint density at radius 2 is 1.90 bits per heavy atom. The van der Waals surface area contributed by atoms with Crippen molar-refractivity contribution in [3.8, 4) is 0 Å². The van der Waals surface area contributed by atoms with Gasteiger partial charge in [-0.3, -0.25) is 4.79 Å². The predicted molar refractivity (Wildman–Crippen MR) is 106 cm³/mol. The molecular formula is C20H21ClF2N2O3S. The highest BCUT2D eigenvalue weighted by Gasteiger charge is 2.34. The number of halogens is 3. The highest BCUT2D eigenvalue weighted by molar-refractivity contribution is 7.89. The number of piperidine rings is 1. The minimum Gasteiger partial charge on any atom is -0.341 e. The lowest BCUT2D eigenvalue weighted by atomic mass is 9.98. The summed E-state index contributed by atoms with van der Waals surface area (Å²) in [5.74, 6) is -1.84. The Morgan fingerprint density at radius 1 is 1.21 bits per heavy atom. The molecule has 0 saturated carbocycles. The summed E-state index contributed by atoms with van der Waals surface area (Å²) in [6.45, 7) is 0.297. The van der Waals surface area contributed by atoms with E-state index in [0.717, 1.165) is 12.1 Å². The first-order chi connectivity index (χ1) is 13.7. The number of rotatable bonds is 5. The van der Waals surface area contributed by atoms with Gasteiger partial charge in [0.1, 0.15) is 11.6 Å². The third-order valence-corrected chi connectivity index (χ3v) is 7.25. The number of sulfonamides is 1. The fourth-order valence-electron chi connectivity index (χ4n) is 3.43. The van der Waals surface area contributed by atoms with Crippen molar-refractivity contribution in [2.24, 2.45) is 5.92 Å². The standard InChI is InChI=1S/C20H21ClF2N2O3S/c1-24(13-17-18(21)5-2-6-19(17)23)20(26)14-4-3-11-25(12-14)29(27,28)16-9-7-15(22)8-10-16/h2,5-10,14H,3-4,11-13H2,1H3. The second kappa shape index (κ2) is 8.77. The Kier molecular flexibility index (Phi) is 6.55. The molecule has 0 aliphatic carbocycles. The lowest BCUT2D eigenvalue weighted by molar-refractivity contribution is -0.135. The number of carbonyl (C=O) groups is 1. The SMILES string of the molecule is CN(Cc1c(F)cccc1Cl)C(=O)C1CCCN(S(=O)(=O)c2ccc(F)cc2)C1. The van der Waals surface area contributed by atoms with Crippen LogP contribution in [0.2, 0.25) is 5.02 Å². The lowest BCUT2D eigenvalue weighted by Crippen LogP contribution is -2.45. The summed E-state index contributed by atoms with van der Waals surface area (Å²) in [6, 6.07) is 8.91. The van der Waals surface area contributed by atoms with E-state index in [1.807, 2.05) is 0 Å². The summed E-state index contributed by atoms with van der Waals surface area (Å²) in [5, 5.41) is 0.230. The van der Waals surface area contributed by atoms with Crippen LogP contribution in [0.1, 0.15) is 18.4 Å². The molecule has 1 atom stereocenters. The van der Waals surface area contributed by atoms with E-state index in [-0.39, 0.29) is 41.0 Å². The van der Waals surface area contributed by atoms with Crippen LogP contribution in [0.25, 0.3) is 0 Å². The van der Waals surface area contributed by atoms with Crippen molar-refractivity contribution >= 4 is 27.5 Å². The molecule has 1 aliphatic heterocycles. The molecule has 2 aromatic rings. The predicted octanol–water partition coefficient (Wildman–Crippen LogP) is 3.68. The summed E-state index contributed by atoms with van der Waals surface area (Å²) in [5.41, 5.74) is 0.219. The zero-order chi connectivity index (χ0) is 21.2. The van der Waals surface area contributed by atoms with Gasteiger partial charge in [0.2, 0.25) is 15.9 Å². The molecule has 9 heteroatoms. The summed E-state index contributed by atoms with van der Waals surface area (Å²) in [4.78, 5) is 14.2. The second-order valence-corrected chi connectivity index (χ2v) is 9.40. The molecule has 2 aromatic carbocycles. The van der Waals surface area contributed by atoms with Gasteiger partial charge in [-0.2, -0.15) is 4.31 Å². The zero-order valence-corrected chi connectivity index (χ0v) is 17.4. The monoisotopic (exact) mass is 442 g/mol. The van der Waals surface area contributed by atoms with Gasteiger partial charge in [-0.25, -0.2) is 17.2 Å². The van der Waals surface area contributed by atoms with Crippen LogP contribution in [0.5, 0.6) is 0 Å². The fourth-order valence-corrected chi connectivity index (χ4v) is 5.17. The van der Waals surface area contributed by atoms with Crippen molar-refractivity contribution < 1.29 is 22.0 Å². The summed E-state index contributed by atoms with van der Waals surface area (Å²) < 4.78 is 54.0. The normalized spacial score (nSPS) is 17.9. The third kappa shape index (κ3) is 4.76. The highest BCUT2D eigenvalue weighted by atomic mass is 35.5. The van der Waals surface area contributed by atoms with Crippen molar-refractivity contribution in [2.75, 3.05) is 20.1 Å². The van der Waals surface area contributed by atoms with Crippen LogP contribution in [0, 0.1) is 17.6 Å². The van der Waals surface area contributed by atoms with Crippen LogP contribution in [0.4, 0.5) is 8.78 Å². The average molecular weight is 443 g/mol. The Balaban J connectivity index is 1.73. The first kappa shape index (κ1) is 21.7. The molecule has 0 N–H and O–H groups in total. The Labute approximate surface area is 173 Å². The maximum atomic E-state index is 14.0. The molecule has 1 heterocycles. The quantitative estimate of drug-likeness (QED) is 0.709. The van der Waals surface area contributed by atoms with Gasteiger partial charge in [-0.15, -0.1) is 0 Å². The molecule has 0 radical (unpaired) electrons. The van der Waals surface area contributed by atoms with Crippen LogP contribution < -0.4 is 0 Å².